The molecule has 0 spiro atoms. The number of ether oxygens (including phenoxy) is 1. The Kier molecular flexibility index (Phi) is 4.57. The molecule has 0 aliphatic carbocycles. The van der Waals surface area contributed by atoms with E-state index in [0.29, 0.717) is 0 Å². The van der Waals surface area contributed by atoms with E-state index in [1.54, 1.807) is 0 Å². The quantitative estimate of drug-likeness (QED) is 0.537. The number of methoxy groups -OCH3 is 1. The van der Waals surface area contributed by atoms with Gasteiger partial charge in [-0.15, -0.1) is 0 Å². The van der Waals surface area contributed by atoms with Gasteiger partial charge >= 0.3 is 5.97 Å². The summed E-state index contributed by atoms with van der Waals surface area (Å²) in [5.41, 5.74) is 3.36. The van der Waals surface area contributed by atoms with Gasteiger partial charge in [-0.1, -0.05) is 54.2 Å². The number of esters is 1. The van der Waals surface area contributed by atoms with Crippen LogP contribution in [0, 0.1) is 6.92 Å². The third kappa shape index (κ3) is 3.35. The second-order valence-corrected chi connectivity index (χ2v) is 6.13. The summed E-state index contributed by atoms with van der Waals surface area (Å²) in [4.78, 5) is 21.4. The lowest BCUT2D eigenvalue weighted by molar-refractivity contribution is -0.140. The zero-order valence-corrected chi connectivity index (χ0v) is 13.7. The zero-order chi connectivity index (χ0) is 16.2. The van der Waals surface area contributed by atoms with E-state index in [9.17, 15) is 4.79 Å². The van der Waals surface area contributed by atoms with Crippen molar-refractivity contribution in [2.24, 2.45) is 0 Å². The fourth-order valence-electron chi connectivity index (χ4n) is 2.28. The SMILES string of the molecule is COC(=O)C(Sc1nc2ccccc2nc1C)c1ccccc1. The maximum atomic E-state index is 12.2. The van der Waals surface area contributed by atoms with Gasteiger partial charge < -0.3 is 4.74 Å². The van der Waals surface area contributed by atoms with Crippen LogP contribution < -0.4 is 0 Å². The molecule has 1 aromatic heterocycles. The number of benzene rings is 2. The smallest absolute Gasteiger partial charge is 0.323 e. The number of carbonyl (C=O) groups excluding carboxylic acids is 1. The highest BCUT2D eigenvalue weighted by atomic mass is 32.2. The molecule has 5 heteroatoms. The van der Waals surface area contributed by atoms with Crippen LogP contribution in [0.25, 0.3) is 11.0 Å². The van der Waals surface area contributed by atoms with Crippen LogP contribution in [0.3, 0.4) is 0 Å². The maximum absolute atomic E-state index is 12.2. The number of fused-ring (bicyclic) bond motifs is 1. The van der Waals surface area contributed by atoms with E-state index in [1.807, 2.05) is 61.5 Å². The Labute approximate surface area is 138 Å². The summed E-state index contributed by atoms with van der Waals surface area (Å²) in [7, 11) is 1.40. The van der Waals surface area contributed by atoms with Gasteiger partial charge in [0.2, 0.25) is 0 Å². The molecule has 3 rings (SSSR count). The molecule has 0 radical (unpaired) electrons. The van der Waals surface area contributed by atoms with E-state index in [0.717, 1.165) is 27.3 Å². The standard InChI is InChI=1S/C18H16N2O2S/c1-12-17(20-15-11-7-6-10-14(15)19-12)23-16(18(21)22-2)13-8-4-3-5-9-13/h3-11,16H,1-2H3. The lowest BCUT2D eigenvalue weighted by Gasteiger charge is -2.15. The number of thioether (sulfide) groups is 1. The first kappa shape index (κ1) is 15.5. The number of nitrogens with zero attached hydrogens (tertiary/aromatic N) is 2. The van der Waals surface area contributed by atoms with E-state index in [-0.39, 0.29) is 5.97 Å². The highest BCUT2D eigenvalue weighted by molar-refractivity contribution is 8.00. The van der Waals surface area contributed by atoms with Gasteiger partial charge in [0.15, 0.2) is 0 Å². The van der Waals surface area contributed by atoms with Crippen LogP contribution in [0.5, 0.6) is 0 Å². The van der Waals surface area contributed by atoms with E-state index in [2.05, 4.69) is 9.97 Å². The molecule has 0 saturated carbocycles. The monoisotopic (exact) mass is 324 g/mol. The van der Waals surface area contributed by atoms with Crippen LogP contribution in [0.2, 0.25) is 0 Å². The number of rotatable bonds is 4. The second kappa shape index (κ2) is 6.79. The highest BCUT2D eigenvalue weighted by Gasteiger charge is 2.24. The molecule has 1 heterocycles. The molecule has 23 heavy (non-hydrogen) atoms. The zero-order valence-electron chi connectivity index (χ0n) is 12.9. The van der Waals surface area contributed by atoms with Gasteiger partial charge in [0.25, 0.3) is 0 Å². The largest absolute Gasteiger partial charge is 0.468 e. The van der Waals surface area contributed by atoms with Crippen LogP contribution in [-0.4, -0.2) is 23.0 Å². The van der Waals surface area contributed by atoms with Gasteiger partial charge in [0.05, 0.1) is 23.8 Å². The molecule has 1 unspecified atom stereocenters. The number of carbonyl (C=O) groups is 1. The molecule has 3 aromatic rings. The first-order chi connectivity index (χ1) is 11.2. The summed E-state index contributed by atoms with van der Waals surface area (Å²) in [6, 6.07) is 17.3. The minimum Gasteiger partial charge on any atom is -0.468 e. The predicted octanol–water partition coefficient (Wildman–Crippen LogP) is 3.94. The van der Waals surface area contributed by atoms with Crippen LogP contribution in [0.1, 0.15) is 16.5 Å². The first-order valence-electron chi connectivity index (χ1n) is 7.22. The van der Waals surface area contributed by atoms with Gasteiger partial charge in [0.1, 0.15) is 10.3 Å². The number of hydrogen-bond donors (Lipinski definition) is 0. The van der Waals surface area contributed by atoms with Crippen molar-refractivity contribution in [3.63, 3.8) is 0 Å². The van der Waals surface area contributed by atoms with Gasteiger partial charge in [-0.05, 0) is 24.6 Å². The van der Waals surface area contributed by atoms with Crippen LogP contribution in [-0.2, 0) is 9.53 Å². The summed E-state index contributed by atoms with van der Waals surface area (Å²) in [6.45, 7) is 1.90. The van der Waals surface area contributed by atoms with Crippen molar-refractivity contribution in [1.82, 2.24) is 9.97 Å². The molecule has 2 aromatic carbocycles. The minimum absolute atomic E-state index is 0.296. The number of hydrogen-bond acceptors (Lipinski definition) is 5. The van der Waals surface area contributed by atoms with Crippen LogP contribution >= 0.6 is 11.8 Å². The summed E-state index contributed by atoms with van der Waals surface area (Å²) < 4.78 is 4.96. The topological polar surface area (TPSA) is 52.1 Å². The third-order valence-corrected chi connectivity index (χ3v) is 4.76. The molecule has 0 saturated heterocycles. The van der Waals surface area contributed by atoms with E-state index in [1.165, 1.54) is 18.9 Å². The number of aryl methyl sites for hydroxylation is 1. The Bertz CT molecular complexity index is 837. The van der Waals surface area contributed by atoms with Gasteiger partial charge in [0, 0.05) is 0 Å². The Morgan fingerprint density at radius 2 is 1.61 bits per heavy atom. The van der Waals surface area contributed by atoms with Crippen molar-refractivity contribution in [1.29, 1.82) is 0 Å². The Hall–Kier alpha value is -2.40. The fourth-order valence-corrected chi connectivity index (χ4v) is 3.36. The molecular weight excluding hydrogens is 308 g/mol. The van der Waals surface area contributed by atoms with E-state index >= 15 is 0 Å². The number of aromatic nitrogens is 2. The predicted molar refractivity (Wildman–Crippen MR) is 91.3 cm³/mol. The fraction of sp³-hybridized carbons (Fsp3) is 0.167. The van der Waals surface area contributed by atoms with E-state index < -0.39 is 5.25 Å². The summed E-state index contributed by atoms with van der Waals surface area (Å²) in [6.07, 6.45) is 0. The normalized spacial score (nSPS) is 12.1. The van der Waals surface area contributed by atoms with Crippen molar-refractivity contribution in [2.75, 3.05) is 7.11 Å². The molecular formula is C18H16N2O2S. The van der Waals surface area contributed by atoms with Crippen molar-refractivity contribution in [3.05, 3.63) is 65.9 Å². The van der Waals surface area contributed by atoms with Gasteiger partial charge in [-0.25, -0.2) is 9.97 Å². The lowest BCUT2D eigenvalue weighted by Crippen LogP contribution is -2.11. The number of para-hydroxylation sites is 2. The average molecular weight is 324 g/mol. The van der Waals surface area contributed by atoms with E-state index in [4.69, 9.17) is 4.74 Å². The van der Waals surface area contributed by atoms with Crippen LogP contribution in [0.4, 0.5) is 0 Å². The summed E-state index contributed by atoms with van der Waals surface area (Å²) in [5.74, 6) is -0.296. The Morgan fingerprint density at radius 3 is 2.26 bits per heavy atom. The average Bonchev–Trinajstić information content (AvgIpc) is 2.60. The molecule has 1 atom stereocenters. The third-order valence-electron chi connectivity index (χ3n) is 3.45. The van der Waals surface area contributed by atoms with Gasteiger partial charge in [-0.2, -0.15) is 0 Å². The molecule has 0 aliphatic heterocycles. The summed E-state index contributed by atoms with van der Waals surface area (Å²) >= 11 is 1.37. The molecule has 4 nitrogen and oxygen atoms in total. The van der Waals surface area contributed by atoms with Crippen molar-refractivity contribution in [2.45, 2.75) is 17.2 Å². The van der Waals surface area contributed by atoms with Crippen molar-refractivity contribution < 1.29 is 9.53 Å². The molecule has 116 valence electrons. The first-order valence-corrected chi connectivity index (χ1v) is 8.10. The van der Waals surface area contributed by atoms with Crippen LogP contribution in [0.15, 0.2) is 59.6 Å². The maximum Gasteiger partial charge on any atom is 0.323 e. The van der Waals surface area contributed by atoms with Gasteiger partial charge in [-0.3, -0.25) is 4.79 Å². The highest BCUT2D eigenvalue weighted by Crippen LogP contribution is 2.36. The summed E-state index contributed by atoms with van der Waals surface area (Å²) in [5, 5.41) is 0.276. The lowest BCUT2D eigenvalue weighted by atomic mass is 10.1. The molecule has 0 amide bonds. The molecule has 0 fully saturated rings. The van der Waals surface area contributed by atoms with Crippen molar-refractivity contribution in [3.8, 4) is 0 Å². The van der Waals surface area contributed by atoms with Crippen molar-refractivity contribution >= 4 is 28.8 Å². The minimum atomic E-state index is -0.463. The molecule has 0 aliphatic rings. The second-order valence-electron chi connectivity index (χ2n) is 5.03. The Balaban J connectivity index is 2.00. The molecule has 0 bridgehead atoms. The molecule has 0 N–H and O–H groups in total. The Morgan fingerprint density at radius 1 is 1.00 bits per heavy atom.